The van der Waals surface area contributed by atoms with E-state index in [0.29, 0.717) is 18.6 Å². The van der Waals surface area contributed by atoms with Gasteiger partial charge >= 0.3 is 12.1 Å². The zero-order chi connectivity index (χ0) is 16.3. The molecule has 2 rings (SSSR count). The summed E-state index contributed by atoms with van der Waals surface area (Å²) in [6.07, 6.45) is 0.225. The highest BCUT2D eigenvalue weighted by molar-refractivity contribution is 8.01. The summed E-state index contributed by atoms with van der Waals surface area (Å²) < 4.78 is 9.44. The minimum absolute atomic E-state index is 0.0783. The molecule has 22 heavy (non-hydrogen) atoms. The third-order valence-corrected chi connectivity index (χ3v) is 5.08. The zero-order valence-electron chi connectivity index (χ0n) is 12.4. The van der Waals surface area contributed by atoms with Crippen LogP contribution >= 0.6 is 11.8 Å². The van der Waals surface area contributed by atoms with E-state index in [1.54, 1.807) is 11.8 Å². The van der Waals surface area contributed by atoms with Crippen LogP contribution in [0.25, 0.3) is 0 Å². The van der Waals surface area contributed by atoms with Crippen LogP contribution in [0.15, 0.2) is 0 Å². The molecule has 2 aliphatic heterocycles. The molecule has 122 valence electrons. The number of thioether (sulfide) groups is 1. The number of carbonyl (C=O) groups excluding carboxylic acids is 4. The fourth-order valence-electron chi connectivity index (χ4n) is 2.55. The predicted octanol–water partition coefficient (Wildman–Crippen LogP) is 0.256. The van der Waals surface area contributed by atoms with E-state index in [-0.39, 0.29) is 17.4 Å². The standard InChI is InChI=1S/C13H18N2O6S/c1-3-20-12(19)14-9(16)6-21-11(18)8-7-22-13(2)5-4-10(17)15(8)13/h8H,3-7H2,1-2H3,(H,14,16,19)/t8-,13+/m0/s1. The lowest BCUT2D eigenvalue weighted by molar-refractivity contribution is -0.156. The van der Waals surface area contributed by atoms with Crippen molar-refractivity contribution in [2.45, 2.75) is 37.6 Å². The van der Waals surface area contributed by atoms with Crippen molar-refractivity contribution in [1.82, 2.24) is 10.2 Å². The molecule has 0 bridgehead atoms. The number of fused-ring (bicyclic) bond motifs is 1. The summed E-state index contributed by atoms with van der Waals surface area (Å²) in [5.41, 5.74) is 0. The second kappa shape index (κ2) is 6.55. The molecule has 2 heterocycles. The summed E-state index contributed by atoms with van der Waals surface area (Å²) in [6.45, 7) is 3.07. The summed E-state index contributed by atoms with van der Waals surface area (Å²) in [5.74, 6) is -1.04. The monoisotopic (exact) mass is 330 g/mol. The van der Waals surface area contributed by atoms with Gasteiger partial charge in [0.15, 0.2) is 6.61 Å². The van der Waals surface area contributed by atoms with Crippen molar-refractivity contribution in [1.29, 1.82) is 0 Å². The van der Waals surface area contributed by atoms with E-state index in [0.717, 1.165) is 0 Å². The van der Waals surface area contributed by atoms with Gasteiger partial charge in [0.2, 0.25) is 5.91 Å². The Morgan fingerprint density at radius 1 is 1.41 bits per heavy atom. The summed E-state index contributed by atoms with van der Waals surface area (Å²) >= 11 is 1.54. The molecule has 0 radical (unpaired) electrons. The molecule has 8 nitrogen and oxygen atoms in total. The Balaban J connectivity index is 1.84. The topological polar surface area (TPSA) is 102 Å². The molecule has 0 aromatic carbocycles. The molecule has 2 atom stereocenters. The normalized spacial score (nSPS) is 26.5. The van der Waals surface area contributed by atoms with E-state index in [1.807, 2.05) is 12.2 Å². The third-order valence-electron chi connectivity index (χ3n) is 3.58. The molecule has 0 saturated carbocycles. The lowest BCUT2D eigenvalue weighted by Gasteiger charge is -2.29. The SMILES string of the molecule is CCOC(=O)NC(=O)COC(=O)[C@@H]1CS[C@]2(C)CCC(=O)N12. The second-order valence-corrected chi connectivity index (χ2v) is 6.64. The number of hydrogen-bond donors (Lipinski definition) is 1. The van der Waals surface area contributed by atoms with Gasteiger partial charge in [-0.2, -0.15) is 0 Å². The van der Waals surface area contributed by atoms with E-state index in [9.17, 15) is 19.2 Å². The fraction of sp³-hybridized carbons (Fsp3) is 0.692. The average molecular weight is 330 g/mol. The molecule has 2 fully saturated rings. The Hall–Kier alpha value is -1.77. The molecule has 1 N–H and O–H groups in total. The van der Waals surface area contributed by atoms with Crippen molar-refractivity contribution >= 4 is 35.6 Å². The van der Waals surface area contributed by atoms with E-state index < -0.39 is 30.6 Å². The Bertz CT molecular complexity index is 511. The summed E-state index contributed by atoms with van der Waals surface area (Å²) in [5, 5.41) is 1.93. The first-order chi connectivity index (χ1) is 10.4. The van der Waals surface area contributed by atoms with Gasteiger partial charge in [-0.1, -0.05) is 0 Å². The van der Waals surface area contributed by atoms with Crippen molar-refractivity contribution in [3.05, 3.63) is 0 Å². The fourth-order valence-corrected chi connectivity index (χ4v) is 3.96. The van der Waals surface area contributed by atoms with Crippen molar-refractivity contribution in [2.75, 3.05) is 19.0 Å². The van der Waals surface area contributed by atoms with Crippen LogP contribution in [-0.4, -0.2) is 58.7 Å². The van der Waals surface area contributed by atoms with Crippen molar-refractivity contribution < 1.29 is 28.7 Å². The summed E-state index contributed by atoms with van der Waals surface area (Å²) in [6, 6.07) is -0.680. The summed E-state index contributed by atoms with van der Waals surface area (Å²) in [7, 11) is 0. The number of nitrogens with one attached hydrogen (secondary N) is 1. The number of ether oxygens (including phenoxy) is 2. The van der Waals surface area contributed by atoms with Crippen LogP contribution in [0.4, 0.5) is 4.79 Å². The number of nitrogens with zero attached hydrogens (tertiary/aromatic N) is 1. The Morgan fingerprint density at radius 2 is 2.14 bits per heavy atom. The molecule has 2 saturated heterocycles. The van der Waals surface area contributed by atoms with Gasteiger partial charge in [0.1, 0.15) is 6.04 Å². The quantitative estimate of drug-likeness (QED) is 0.737. The Morgan fingerprint density at radius 3 is 2.82 bits per heavy atom. The van der Waals surface area contributed by atoms with E-state index in [1.165, 1.54) is 11.8 Å². The lowest BCUT2D eigenvalue weighted by atomic mass is 10.2. The number of alkyl carbamates (subject to hydrolysis) is 1. The first-order valence-electron chi connectivity index (χ1n) is 6.96. The van der Waals surface area contributed by atoms with Crippen LogP contribution in [0, 0.1) is 0 Å². The van der Waals surface area contributed by atoms with E-state index >= 15 is 0 Å². The van der Waals surface area contributed by atoms with Gasteiger partial charge in [-0.25, -0.2) is 9.59 Å². The highest BCUT2D eigenvalue weighted by Gasteiger charge is 2.53. The minimum Gasteiger partial charge on any atom is -0.454 e. The van der Waals surface area contributed by atoms with Crippen LogP contribution in [0.1, 0.15) is 26.7 Å². The molecule has 0 spiro atoms. The number of esters is 1. The van der Waals surface area contributed by atoms with E-state index in [2.05, 4.69) is 4.74 Å². The first-order valence-corrected chi connectivity index (χ1v) is 7.95. The van der Waals surface area contributed by atoms with Gasteiger partial charge in [0.05, 0.1) is 11.5 Å². The maximum absolute atomic E-state index is 12.1. The van der Waals surface area contributed by atoms with Gasteiger partial charge < -0.3 is 14.4 Å². The molecule has 0 unspecified atom stereocenters. The molecule has 0 aromatic rings. The molecule has 3 amide bonds. The Kier molecular flexibility index (Phi) is 4.94. The van der Waals surface area contributed by atoms with Crippen molar-refractivity contribution in [3.8, 4) is 0 Å². The van der Waals surface area contributed by atoms with Crippen LogP contribution in [0.2, 0.25) is 0 Å². The second-order valence-electron chi connectivity index (χ2n) is 5.14. The van der Waals surface area contributed by atoms with Crippen LogP contribution in [-0.2, 0) is 23.9 Å². The maximum atomic E-state index is 12.1. The van der Waals surface area contributed by atoms with Gasteiger partial charge in [-0.15, -0.1) is 11.8 Å². The van der Waals surface area contributed by atoms with Crippen molar-refractivity contribution in [2.24, 2.45) is 0 Å². The number of hydrogen-bond acceptors (Lipinski definition) is 7. The van der Waals surface area contributed by atoms with Crippen molar-refractivity contribution in [3.63, 3.8) is 0 Å². The van der Waals surface area contributed by atoms with Crippen LogP contribution < -0.4 is 5.32 Å². The number of amides is 3. The molecule has 9 heteroatoms. The van der Waals surface area contributed by atoms with Gasteiger partial charge in [0, 0.05) is 12.2 Å². The number of carbonyl (C=O) groups is 4. The maximum Gasteiger partial charge on any atom is 0.413 e. The smallest absolute Gasteiger partial charge is 0.413 e. The molecule has 0 aliphatic carbocycles. The van der Waals surface area contributed by atoms with Gasteiger partial charge in [-0.05, 0) is 20.3 Å². The van der Waals surface area contributed by atoms with E-state index in [4.69, 9.17) is 4.74 Å². The zero-order valence-corrected chi connectivity index (χ0v) is 13.2. The van der Waals surface area contributed by atoms with Crippen LogP contribution in [0.3, 0.4) is 0 Å². The van der Waals surface area contributed by atoms with Crippen LogP contribution in [0.5, 0.6) is 0 Å². The largest absolute Gasteiger partial charge is 0.454 e. The van der Waals surface area contributed by atoms with Gasteiger partial charge in [0.25, 0.3) is 5.91 Å². The average Bonchev–Trinajstić information content (AvgIpc) is 2.94. The Labute approximate surface area is 131 Å². The lowest BCUT2D eigenvalue weighted by Crippen LogP contribution is -2.47. The molecule has 0 aromatic heterocycles. The molecular formula is C13H18N2O6S. The molecular weight excluding hydrogens is 312 g/mol. The third kappa shape index (κ3) is 3.34. The van der Waals surface area contributed by atoms with Gasteiger partial charge in [-0.3, -0.25) is 14.9 Å². The highest BCUT2D eigenvalue weighted by atomic mass is 32.2. The predicted molar refractivity (Wildman–Crippen MR) is 76.9 cm³/mol. The highest BCUT2D eigenvalue weighted by Crippen LogP contribution is 2.47. The molecule has 2 aliphatic rings. The number of imide groups is 1. The number of rotatable bonds is 4. The summed E-state index contributed by atoms with van der Waals surface area (Å²) in [4.78, 5) is 47.6. The minimum atomic E-state index is -0.887. The first kappa shape index (κ1) is 16.6.